The van der Waals surface area contributed by atoms with Crippen LogP contribution in [0.25, 0.3) is 11.0 Å². The standard InChI is InChI=1S/C14H12N3/c15-11-7-5-10(6-8-11)9-14-16-12-3-1-2-4-13(12)17-14/h1-8,15H,9H2,(H,16,17). The molecule has 2 aromatic carbocycles. The molecule has 1 heterocycles. The predicted molar refractivity (Wildman–Crippen MR) is 68.1 cm³/mol. The summed E-state index contributed by atoms with van der Waals surface area (Å²) in [7, 11) is 0. The maximum Gasteiger partial charge on any atom is 0.111 e. The quantitative estimate of drug-likeness (QED) is 0.711. The number of nitrogens with zero attached hydrogens (tertiary/aromatic N) is 1. The Labute approximate surface area is 99.3 Å². The van der Waals surface area contributed by atoms with Crippen LogP contribution < -0.4 is 5.73 Å². The Balaban J connectivity index is 1.92. The molecule has 1 radical (unpaired) electrons. The first-order chi connectivity index (χ1) is 8.31. The van der Waals surface area contributed by atoms with E-state index in [1.165, 1.54) is 5.56 Å². The molecule has 3 aromatic rings. The highest BCUT2D eigenvalue weighted by Gasteiger charge is 2.02. The molecule has 0 spiro atoms. The van der Waals surface area contributed by atoms with E-state index >= 15 is 0 Å². The molecule has 0 unspecified atom stereocenters. The summed E-state index contributed by atoms with van der Waals surface area (Å²) < 4.78 is 0. The van der Waals surface area contributed by atoms with Crippen LogP contribution in [-0.2, 0) is 6.42 Å². The smallest absolute Gasteiger partial charge is 0.111 e. The zero-order valence-corrected chi connectivity index (χ0v) is 9.27. The maximum atomic E-state index is 7.44. The van der Waals surface area contributed by atoms with Crippen molar-refractivity contribution in [2.24, 2.45) is 0 Å². The molecule has 3 heteroatoms. The lowest BCUT2D eigenvalue weighted by Crippen LogP contribution is -1.89. The number of nitrogens with one attached hydrogen (secondary N) is 2. The zero-order chi connectivity index (χ0) is 11.7. The van der Waals surface area contributed by atoms with Gasteiger partial charge in [0.1, 0.15) is 5.82 Å². The van der Waals surface area contributed by atoms with Crippen LogP contribution in [0.2, 0.25) is 0 Å². The average Bonchev–Trinajstić information content (AvgIpc) is 2.74. The van der Waals surface area contributed by atoms with E-state index in [0.717, 1.165) is 23.3 Å². The molecule has 3 rings (SSSR count). The molecule has 1 aromatic heterocycles. The van der Waals surface area contributed by atoms with Gasteiger partial charge in [-0.05, 0) is 29.8 Å². The average molecular weight is 222 g/mol. The van der Waals surface area contributed by atoms with Crippen molar-refractivity contribution in [3.8, 4) is 0 Å². The van der Waals surface area contributed by atoms with Gasteiger partial charge in [0.25, 0.3) is 0 Å². The van der Waals surface area contributed by atoms with Crippen LogP contribution in [0, 0.1) is 0 Å². The normalized spacial score (nSPS) is 10.8. The van der Waals surface area contributed by atoms with Crippen molar-refractivity contribution in [3.63, 3.8) is 0 Å². The highest BCUT2D eigenvalue weighted by Crippen LogP contribution is 2.14. The Morgan fingerprint density at radius 1 is 1.00 bits per heavy atom. The fraction of sp³-hybridized carbons (Fsp3) is 0.0714. The van der Waals surface area contributed by atoms with Gasteiger partial charge in [0.15, 0.2) is 0 Å². The van der Waals surface area contributed by atoms with Gasteiger partial charge < -0.3 is 10.7 Å². The van der Waals surface area contributed by atoms with E-state index in [-0.39, 0.29) is 0 Å². The zero-order valence-electron chi connectivity index (χ0n) is 9.27. The lowest BCUT2D eigenvalue weighted by atomic mass is 10.1. The molecule has 3 nitrogen and oxygen atoms in total. The number of H-pyrrole nitrogens is 1. The molecule has 0 atom stereocenters. The molecule has 0 aliphatic carbocycles. The number of fused-ring (bicyclic) bond motifs is 1. The summed E-state index contributed by atoms with van der Waals surface area (Å²) in [6.45, 7) is 0. The molecular weight excluding hydrogens is 210 g/mol. The fourth-order valence-electron chi connectivity index (χ4n) is 1.91. The van der Waals surface area contributed by atoms with Crippen molar-refractivity contribution in [3.05, 3.63) is 59.9 Å². The van der Waals surface area contributed by atoms with Crippen LogP contribution >= 0.6 is 0 Å². The molecule has 0 saturated carbocycles. The molecule has 0 amide bonds. The molecule has 2 N–H and O–H groups in total. The van der Waals surface area contributed by atoms with E-state index < -0.39 is 0 Å². The summed E-state index contributed by atoms with van der Waals surface area (Å²) in [5.41, 5.74) is 11.2. The van der Waals surface area contributed by atoms with Gasteiger partial charge in [-0.2, -0.15) is 0 Å². The molecule has 0 aliphatic heterocycles. The van der Waals surface area contributed by atoms with Crippen molar-refractivity contribution in [2.45, 2.75) is 6.42 Å². The molecule has 0 aliphatic rings. The summed E-state index contributed by atoms with van der Waals surface area (Å²) in [4.78, 5) is 7.83. The molecule has 0 saturated heterocycles. The minimum absolute atomic E-state index is 0.540. The Kier molecular flexibility index (Phi) is 2.29. The van der Waals surface area contributed by atoms with Gasteiger partial charge in [0.05, 0.1) is 16.7 Å². The van der Waals surface area contributed by atoms with Crippen molar-refractivity contribution in [2.75, 3.05) is 0 Å². The lowest BCUT2D eigenvalue weighted by Gasteiger charge is -1.98. The van der Waals surface area contributed by atoms with E-state index in [1.54, 1.807) is 12.1 Å². The Hall–Kier alpha value is -2.29. The number of imidazole rings is 1. The SMILES string of the molecule is [NH]c1ccc(Cc2nc3ccccc3[nH]2)cc1. The second-order valence-electron chi connectivity index (χ2n) is 4.07. The Morgan fingerprint density at radius 3 is 2.53 bits per heavy atom. The van der Waals surface area contributed by atoms with Gasteiger partial charge in [-0.3, -0.25) is 0 Å². The fourth-order valence-corrected chi connectivity index (χ4v) is 1.91. The topological polar surface area (TPSA) is 52.5 Å². The largest absolute Gasteiger partial charge is 0.342 e. The number of para-hydroxylation sites is 2. The van der Waals surface area contributed by atoms with Gasteiger partial charge in [-0.1, -0.05) is 24.3 Å². The van der Waals surface area contributed by atoms with Gasteiger partial charge in [-0.15, -0.1) is 0 Å². The summed E-state index contributed by atoms with van der Waals surface area (Å²) in [5.74, 6) is 0.962. The number of rotatable bonds is 2. The van der Waals surface area contributed by atoms with Crippen molar-refractivity contribution in [1.29, 1.82) is 0 Å². The summed E-state index contributed by atoms with van der Waals surface area (Å²) in [6, 6.07) is 15.6. The first kappa shape index (κ1) is 9.90. The van der Waals surface area contributed by atoms with E-state index in [0.29, 0.717) is 5.69 Å². The van der Waals surface area contributed by atoms with Crippen molar-refractivity contribution in [1.82, 2.24) is 15.7 Å². The number of benzene rings is 2. The van der Waals surface area contributed by atoms with Gasteiger partial charge >= 0.3 is 0 Å². The van der Waals surface area contributed by atoms with Crippen LogP contribution in [0.5, 0.6) is 0 Å². The van der Waals surface area contributed by atoms with Crippen LogP contribution in [0.3, 0.4) is 0 Å². The third-order valence-corrected chi connectivity index (χ3v) is 2.76. The second-order valence-corrected chi connectivity index (χ2v) is 4.07. The molecule has 83 valence electrons. The van der Waals surface area contributed by atoms with Gasteiger partial charge in [0, 0.05) is 6.42 Å². The molecule has 17 heavy (non-hydrogen) atoms. The Morgan fingerprint density at radius 2 is 1.76 bits per heavy atom. The third-order valence-electron chi connectivity index (χ3n) is 2.76. The van der Waals surface area contributed by atoms with Gasteiger partial charge in [0.2, 0.25) is 0 Å². The number of hydrogen-bond donors (Lipinski definition) is 1. The van der Waals surface area contributed by atoms with Crippen LogP contribution in [0.15, 0.2) is 48.5 Å². The lowest BCUT2D eigenvalue weighted by molar-refractivity contribution is 1.04. The van der Waals surface area contributed by atoms with E-state index in [9.17, 15) is 0 Å². The van der Waals surface area contributed by atoms with Crippen LogP contribution in [-0.4, -0.2) is 9.97 Å². The van der Waals surface area contributed by atoms with E-state index in [2.05, 4.69) is 9.97 Å². The van der Waals surface area contributed by atoms with Crippen molar-refractivity contribution < 1.29 is 0 Å². The predicted octanol–water partition coefficient (Wildman–Crippen LogP) is 3.07. The van der Waals surface area contributed by atoms with Gasteiger partial charge in [-0.25, -0.2) is 4.98 Å². The summed E-state index contributed by atoms with van der Waals surface area (Å²) in [6.07, 6.45) is 0.773. The number of hydrogen-bond acceptors (Lipinski definition) is 1. The number of aromatic nitrogens is 2. The Bertz CT molecular complexity index is 605. The molecule has 0 fully saturated rings. The minimum Gasteiger partial charge on any atom is -0.342 e. The summed E-state index contributed by atoms with van der Waals surface area (Å²) >= 11 is 0. The number of aromatic amines is 1. The third kappa shape index (κ3) is 1.99. The van der Waals surface area contributed by atoms with Crippen LogP contribution in [0.4, 0.5) is 5.69 Å². The second kappa shape index (κ2) is 3.94. The van der Waals surface area contributed by atoms with Crippen molar-refractivity contribution >= 4 is 16.7 Å². The minimum atomic E-state index is 0.540. The summed E-state index contributed by atoms with van der Waals surface area (Å²) in [5, 5.41) is 0. The highest BCUT2D eigenvalue weighted by molar-refractivity contribution is 5.74. The first-order valence-electron chi connectivity index (χ1n) is 5.55. The van der Waals surface area contributed by atoms with Crippen LogP contribution in [0.1, 0.15) is 11.4 Å². The highest BCUT2D eigenvalue weighted by atomic mass is 14.9. The molecule has 0 bridgehead atoms. The monoisotopic (exact) mass is 222 g/mol. The maximum absolute atomic E-state index is 7.44. The van der Waals surface area contributed by atoms with E-state index in [1.807, 2.05) is 36.4 Å². The molecular formula is C14H12N3. The first-order valence-corrected chi connectivity index (χ1v) is 5.55. The van der Waals surface area contributed by atoms with E-state index in [4.69, 9.17) is 5.73 Å².